The first-order chi connectivity index (χ1) is 6.09. The average Bonchev–Trinajstić information content (AvgIpc) is 1.95. The first-order valence-corrected chi connectivity index (χ1v) is 7.15. The number of halogens is 1. The van der Waals surface area contributed by atoms with Gasteiger partial charge in [0.1, 0.15) is 0 Å². The topological polar surface area (TPSA) is 0 Å². The van der Waals surface area contributed by atoms with Gasteiger partial charge in [0.05, 0.1) is 0 Å². The van der Waals surface area contributed by atoms with Crippen molar-refractivity contribution < 1.29 is 0 Å². The minimum atomic E-state index is -0.0720. The highest BCUT2D eigenvalue weighted by molar-refractivity contribution is 7.61. The lowest BCUT2D eigenvalue weighted by atomic mass is 10.2. The lowest BCUT2D eigenvalue weighted by Gasteiger charge is -2.42. The van der Waals surface area contributed by atoms with Gasteiger partial charge >= 0.3 is 0 Å². The van der Waals surface area contributed by atoms with E-state index in [1.165, 1.54) is 5.57 Å². The summed E-state index contributed by atoms with van der Waals surface area (Å²) in [7, 11) is -0.0720. The number of hydrogen-bond donors (Lipinski definition) is 0. The molecule has 0 amide bonds. The second-order valence-corrected chi connectivity index (χ2v) is 9.93. The summed E-state index contributed by atoms with van der Waals surface area (Å²) in [5, 5.41) is 0.755. The van der Waals surface area contributed by atoms with Gasteiger partial charge in [-0.05, 0) is 16.5 Å². The normalized spacial score (nSPS) is 13.4. The van der Waals surface area contributed by atoms with Gasteiger partial charge in [0.2, 0.25) is 0 Å². The minimum Gasteiger partial charge on any atom is -0.122 e. The van der Waals surface area contributed by atoms with Crippen LogP contribution in [0.1, 0.15) is 41.5 Å². The fraction of sp³-hybridized carbons (Fsp3) is 0.833. The Labute approximate surface area is 95.9 Å². The number of allylic oxidation sites excluding steroid dienone is 1. The molecule has 0 radical (unpaired) electrons. The van der Waals surface area contributed by atoms with E-state index in [1.807, 2.05) is 0 Å². The van der Waals surface area contributed by atoms with Gasteiger partial charge in [-0.15, -0.1) is 11.6 Å². The Morgan fingerprint density at radius 3 is 1.64 bits per heavy atom. The van der Waals surface area contributed by atoms with Crippen LogP contribution in [0.25, 0.3) is 0 Å². The van der Waals surface area contributed by atoms with E-state index in [0.717, 1.165) is 6.16 Å². The standard InChI is InChI=1S/C12H24ClP/c1-10(8-13)9-14(11(2,3)4)12(5,6)7/h1,8-9H2,2-7H3. The van der Waals surface area contributed by atoms with Gasteiger partial charge in [0.15, 0.2) is 0 Å². The van der Waals surface area contributed by atoms with Crippen LogP contribution >= 0.6 is 19.5 Å². The zero-order valence-corrected chi connectivity index (χ0v) is 12.1. The van der Waals surface area contributed by atoms with Crippen molar-refractivity contribution in [3.8, 4) is 0 Å². The molecule has 2 heteroatoms. The van der Waals surface area contributed by atoms with Crippen molar-refractivity contribution in [2.75, 3.05) is 12.0 Å². The van der Waals surface area contributed by atoms with Crippen molar-refractivity contribution in [1.29, 1.82) is 0 Å². The van der Waals surface area contributed by atoms with E-state index in [-0.39, 0.29) is 7.92 Å². The van der Waals surface area contributed by atoms with Crippen LogP contribution in [-0.2, 0) is 0 Å². The summed E-state index contributed by atoms with van der Waals surface area (Å²) < 4.78 is 0. The third-order valence-electron chi connectivity index (χ3n) is 2.19. The van der Waals surface area contributed by atoms with Gasteiger partial charge < -0.3 is 0 Å². The van der Waals surface area contributed by atoms with Crippen LogP contribution < -0.4 is 0 Å². The molecule has 0 unspecified atom stereocenters. The molecule has 0 nitrogen and oxygen atoms in total. The first kappa shape index (κ1) is 14.5. The highest BCUT2D eigenvalue weighted by Crippen LogP contribution is 2.59. The Bertz CT molecular complexity index is 181. The molecule has 0 heterocycles. The Morgan fingerprint density at radius 1 is 1.07 bits per heavy atom. The van der Waals surface area contributed by atoms with Crippen LogP contribution in [0.4, 0.5) is 0 Å². The highest BCUT2D eigenvalue weighted by atomic mass is 35.5. The quantitative estimate of drug-likeness (QED) is 0.372. The van der Waals surface area contributed by atoms with Crippen LogP contribution in [0.15, 0.2) is 12.2 Å². The summed E-state index contributed by atoms with van der Waals surface area (Å²) in [6, 6.07) is 0. The molecule has 0 rings (SSSR count). The molecule has 0 N–H and O–H groups in total. The molecule has 0 aliphatic carbocycles. The largest absolute Gasteiger partial charge is 0.122 e. The molecule has 84 valence electrons. The molecule has 0 spiro atoms. The molecule has 0 aromatic rings. The van der Waals surface area contributed by atoms with Gasteiger partial charge in [-0.25, -0.2) is 0 Å². The fourth-order valence-electron chi connectivity index (χ4n) is 1.75. The second kappa shape index (κ2) is 4.99. The monoisotopic (exact) mass is 234 g/mol. The molecular weight excluding hydrogens is 211 g/mol. The number of alkyl halides is 1. The second-order valence-electron chi connectivity index (χ2n) is 5.81. The molecule has 0 aliphatic heterocycles. The zero-order chi connectivity index (χ0) is 11.6. The number of rotatable bonds is 3. The molecule has 0 fully saturated rings. The van der Waals surface area contributed by atoms with E-state index in [2.05, 4.69) is 48.1 Å². The molecule has 0 atom stereocenters. The summed E-state index contributed by atoms with van der Waals surface area (Å²) in [5.41, 5.74) is 1.18. The van der Waals surface area contributed by atoms with Crippen LogP contribution in [0.3, 0.4) is 0 Å². The summed E-state index contributed by atoms with van der Waals surface area (Å²) in [6.07, 6.45) is 1.10. The van der Waals surface area contributed by atoms with Crippen molar-refractivity contribution in [2.45, 2.75) is 51.9 Å². The molecular formula is C12H24ClP. The Hall–Kier alpha value is 0.460. The van der Waals surface area contributed by atoms with Crippen LogP contribution in [0, 0.1) is 0 Å². The maximum absolute atomic E-state index is 5.81. The molecule has 0 bridgehead atoms. The van der Waals surface area contributed by atoms with E-state index < -0.39 is 0 Å². The predicted molar refractivity (Wildman–Crippen MR) is 71.2 cm³/mol. The third kappa shape index (κ3) is 4.80. The van der Waals surface area contributed by atoms with Crippen LogP contribution in [0.2, 0.25) is 0 Å². The van der Waals surface area contributed by atoms with E-state index in [1.54, 1.807) is 0 Å². The molecule has 0 saturated heterocycles. The Morgan fingerprint density at radius 2 is 1.43 bits per heavy atom. The highest BCUT2D eigenvalue weighted by Gasteiger charge is 2.33. The smallest absolute Gasteiger partial charge is 0.0434 e. The van der Waals surface area contributed by atoms with E-state index in [9.17, 15) is 0 Å². The minimum absolute atomic E-state index is 0.0720. The van der Waals surface area contributed by atoms with Crippen molar-refractivity contribution in [1.82, 2.24) is 0 Å². The molecule has 0 aromatic carbocycles. The first-order valence-electron chi connectivity index (χ1n) is 5.09. The average molecular weight is 235 g/mol. The van der Waals surface area contributed by atoms with E-state index >= 15 is 0 Å². The molecule has 14 heavy (non-hydrogen) atoms. The van der Waals surface area contributed by atoms with Crippen LogP contribution in [-0.4, -0.2) is 22.4 Å². The van der Waals surface area contributed by atoms with Gasteiger partial charge in [-0.2, -0.15) is 0 Å². The lowest BCUT2D eigenvalue weighted by Crippen LogP contribution is -2.27. The summed E-state index contributed by atoms with van der Waals surface area (Å²) in [5.74, 6) is 0.602. The van der Waals surface area contributed by atoms with Crippen molar-refractivity contribution >= 4 is 19.5 Å². The van der Waals surface area contributed by atoms with Gasteiger partial charge in [0, 0.05) is 5.88 Å². The van der Waals surface area contributed by atoms with Gasteiger partial charge in [0.25, 0.3) is 0 Å². The molecule has 0 aromatic heterocycles. The Balaban J connectivity index is 4.68. The van der Waals surface area contributed by atoms with Gasteiger partial charge in [-0.1, -0.05) is 61.6 Å². The summed E-state index contributed by atoms with van der Waals surface area (Å²) in [6.45, 7) is 18.0. The van der Waals surface area contributed by atoms with Crippen LogP contribution in [0.5, 0.6) is 0 Å². The SMILES string of the molecule is C=C(CCl)CP(C(C)(C)C)C(C)(C)C. The van der Waals surface area contributed by atoms with Gasteiger partial charge in [-0.3, -0.25) is 0 Å². The van der Waals surface area contributed by atoms with E-state index in [4.69, 9.17) is 11.6 Å². The molecule has 0 aliphatic rings. The lowest BCUT2D eigenvalue weighted by molar-refractivity contribution is 0.706. The van der Waals surface area contributed by atoms with Crippen molar-refractivity contribution in [2.24, 2.45) is 0 Å². The van der Waals surface area contributed by atoms with Crippen molar-refractivity contribution in [3.63, 3.8) is 0 Å². The summed E-state index contributed by atoms with van der Waals surface area (Å²) >= 11 is 5.81. The maximum atomic E-state index is 5.81. The molecule has 0 saturated carbocycles. The van der Waals surface area contributed by atoms with Crippen molar-refractivity contribution in [3.05, 3.63) is 12.2 Å². The maximum Gasteiger partial charge on any atom is 0.0434 e. The fourth-order valence-corrected chi connectivity index (χ4v) is 5.49. The third-order valence-corrected chi connectivity index (χ3v) is 6.57. The number of hydrogen-bond acceptors (Lipinski definition) is 0. The predicted octanol–water partition coefficient (Wildman–Crippen LogP) is 4.86. The zero-order valence-electron chi connectivity index (χ0n) is 10.4. The van der Waals surface area contributed by atoms with E-state index in [0.29, 0.717) is 16.2 Å². The summed E-state index contributed by atoms with van der Waals surface area (Å²) in [4.78, 5) is 0. The Kier molecular flexibility index (Phi) is 5.16.